The van der Waals surface area contributed by atoms with Crippen LogP contribution >= 0.6 is 0 Å². The second kappa shape index (κ2) is 4.93. The first-order valence-corrected chi connectivity index (χ1v) is 5.17. The Morgan fingerprint density at radius 1 is 1.37 bits per heavy atom. The van der Waals surface area contributed by atoms with Crippen molar-refractivity contribution in [2.45, 2.75) is 25.3 Å². The van der Waals surface area contributed by atoms with E-state index in [0.29, 0.717) is 0 Å². The van der Waals surface area contributed by atoms with E-state index in [2.05, 4.69) is 0 Å². The van der Waals surface area contributed by atoms with E-state index in [1.165, 1.54) is 0 Å². The van der Waals surface area contributed by atoms with Gasteiger partial charge in [0.25, 0.3) is 0 Å². The highest BCUT2D eigenvalue weighted by atomic mass is 16.4. The zero-order valence-electron chi connectivity index (χ0n) is 9.57. The van der Waals surface area contributed by atoms with Crippen LogP contribution in [0.4, 0.5) is 4.79 Å². The molecule has 0 unspecified atom stereocenters. The van der Waals surface area contributed by atoms with Gasteiger partial charge < -0.3 is 15.3 Å². The third-order valence-electron chi connectivity index (χ3n) is 3.05. The van der Waals surface area contributed by atoms with Gasteiger partial charge in [-0.2, -0.15) is 5.26 Å². The van der Waals surface area contributed by atoms with Crippen LogP contribution in [0.25, 0.3) is 0 Å². The number of carbonyl (C=O) groups is 4. The number of likely N-dealkylation sites (tertiary alicyclic amines) is 1. The normalized spacial score (nSPS) is 25.9. The third-order valence-corrected chi connectivity index (χ3v) is 3.05. The van der Waals surface area contributed by atoms with Crippen LogP contribution in [0.1, 0.15) is 19.3 Å². The molecule has 1 aliphatic heterocycles. The molecule has 0 aliphatic carbocycles. The van der Waals surface area contributed by atoms with Gasteiger partial charge in [-0.3, -0.25) is 9.59 Å². The lowest BCUT2D eigenvalue weighted by molar-refractivity contribution is -0.156. The first-order chi connectivity index (χ1) is 8.77. The van der Waals surface area contributed by atoms with Crippen molar-refractivity contribution in [2.75, 3.05) is 0 Å². The fraction of sp³-hybridized carbons (Fsp3) is 0.500. The van der Waals surface area contributed by atoms with Crippen LogP contribution in [0.5, 0.6) is 0 Å². The van der Waals surface area contributed by atoms with Crippen LogP contribution in [0.3, 0.4) is 0 Å². The molecule has 102 valence electrons. The molecule has 2 atom stereocenters. The summed E-state index contributed by atoms with van der Waals surface area (Å²) >= 11 is 0. The monoisotopic (exact) mass is 270 g/mol. The Kier molecular flexibility index (Phi) is 3.75. The van der Waals surface area contributed by atoms with E-state index >= 15 is 0 Å². The molecule has 1 heterocycles. The van der Waals surface area contributed by atoms with Crippen molar-refractivity contribution < 1.29 is 34.5 Å². The van der Waals surface area contributed by atoms with Crippen molar-refractivity contribution in [1.29, 1.82) is 5.26 Å². The average Bonchev–Trinajstić information content (AvgIpc) is 2.61. The number of hydrogen-bond acceptors (Lipinski definition) is 5. The van der Waals surface area contributed by atoms with Crippen LogP contribution in [-0.2, 0) is 14.4 Å². The molecule has 0 aromatic heterocycles. The number of hydrogen-bond donors (Lipinski definition) is 3. The molecule has 2 amide bonds. The zero-order valence-corrected chi connectivity index (χ0v) is 9.57. The number of amides is 2. The molecule has 0 aromatic rings. The van der Waals surface area contributed by atoms with Gasteiger partial charge in [0.15, 0.2) is 5.41 Å². The summed E-state index contributed by atoms with van der Waals surface area (Å²) in [6, 6.07) is -0.0962. The highest BCUT2D eigenvalue weighted by Gasteiger charge is 2.60. The number of nitrogens with zero attached hydrogens (tertiary/aromatic N) is 2. The first-order valence-electron chi connectivity index (χ1n) is 5.17. The molecule has 1 rings (SSSR count). The maximum absolute atomic E-state index is 11.9. The smallest absolute Gasteiger partial charge is 0.414 e. The van der Waals surface area contributed by atoms with Crippen LogP contribution in [-0.4, -0.2) is 50.2 Å². The van der Waals surface area contributed by atoms with Crippen molar-refractivity contribution >= 4 is 23.9 Å². The van der Waals surface area contributed by atoms with Gasteiger partial charge in [-0.05, 0) is 6.42 Å². The average molecular weight is 270 g/mol. The summed E-state index contributed by atoms with van der Waals surface area (Å²) in [5.41, 5.74) is -2.17. The van der Waals surface area contributed by atoms with Crippen molar-refractivity contribution in [3.8, 4) is 6.07 Å². The Balaban J connectivity index is 3.25. The molecule has 19 heavy (non-hydrogen) atoms. The lowest BCUT2D eigenvalue weighted by Gasteiger charge is -2.20. The molecule has 0 radical (unpaired) electrons. The SMILES string of the molecule is N#CCC[C@@]1(C(=O)O)C[C@@H](C(=O)O)N(C(=O)O)C1=O. The van der Waals surface area contributed by atoms with Crippen LogP contribution in [0.15, 0.2) is 0 Å². The minimum Gasteiger partial charge on any atom is -0.480 e. The standard InChI is InChI=1S/C10H10N2O7/c11-3-1-2-10(8(16)17)4-5(6(13)14)12(7(10)15)9(18)19/h5H,1-2,4H2,(H,13,14)(H,16,17)(H,18,19)/t5-,10+/m0/s1. The van der Waals surface area contributed by atoms with Gasteiger partial charge in [0, 0.05) is 12.8 Å². The van der Waals surface area contributed by atoms with Gasteiger partial charge in [-0.25, -0.2) is 14.5 Å². The maximum atomic E-state index is 11.9. The summed E-state index contributed by atoms with van der Waals surface area (Å²) in [5.74, 6) is -4.53. The van der Waals surface area contributed by atoms with E-state index in [9.17, 15) is 19.2 Å². The van der Waals surface area contributed by atoms with Gasteiger partial charge in [-0.15, -0.1) is 0 Å². The van der Waals surface area contributed by atoms with Crippen LogP contribution in [0.2, 0.25) is 0 Å². The molecule has 0 spiro atoms. The van der Waals surface area contributed by atoms with Crippen LogP contribution in [0, 0.1) is 16.7 Å². The number of carbonyl (C=O) groups excluding carboxylic acids is 1. The maximum Gasteiger partial charge on any atom is 0.414 e. The van der Waals surface area contributed by atoms with Crippen molar-refractivity contribution in [1.82, 2.24) is 4.90 Å². The molecule has 9 nitrogen and oxygen atoms in total. The number of rotatable bonds is 4. The van der Waals surface area contributed by atoms with Crippen molar-refractivity contribution in [2.24, 2.45) is 5.41 Å². The zero-order chi connectivity index (χ0) is 14.8. The first kappa shape index (κ1) is 14.4. The van der Waals surface area contributed by atoms with Gasteiger partial charge in [0.05, 0.1) is 6.07 Å². The molecular formula is C10H10N2O7. The molecule has 9 heteroatoms. The predicted octanol–water partition coefficient (Wildman–Crippen LogP) is -0.275. The minimum atomic E-state index is -2.17. The van der Waals surface area contributed by atoms with Gasteiger partial charge in [0.2, 0.25) is 5.91 Å². The van der Waals surface area contributed by atoms with E-state index in [1.54, 1.807) is 6.07 Å². The van der Waals surface area contributed by atoms with Gasteiger partial charge >= 0.3 is 18.0 Å². The number of nitriles is 1. The van der Waals surface area contributed by atoms with E-state index in [4.69, 9.17) is 20.6 Å². The third kappa shape index (κ3) is 2.20. The fourth-order valence-electron chi connectivity index (χ4n) is 2.06. The number of aliphatic carboxylic acids is 2. The predicted molar refractivity (Wildman–Crippen MR) is 55.8 cm³/mol. The number of carboxylic acids is 2. The summed E-state index contributed by atoms with van der Waals surface area (Å²) in [4.78, 5) is 45.0. The molecular weight excluding hydrogens is 260 g/mol. The lowest BCUT2D eigenvalue weighted by atomic mass is 9.80. The summed E-state index contributed by atoms with van der Waals surface area (Å²) < 4.78 is 0. The summed E-state index contributed by atoms with van der Waals surface area (Å²) in [5, 5.41) is 35.3. The fourth-order valence-corrected chi connectivity index (χ4v) is 2.06. The van der Waals surface area contributed by atoms with Crippen molar-refractivity contribution in [3.63, 3.8) is 0 Å². The molecule has 1 aliphatic rings. The second-order valence-corrected chi connectivity index (χ2v) is 4.06. The topological polar surface area (TPSA) is 156 Å². The van der Waals surface area contributed by atoms with Gasteiger partial charge in [0.1, 0.15) is 6.04 Å². The molecule has 1 saturated heterocycles. The Morgan fingerprint density at radius 3 is 2.26 bits per heavy atom. The molecule has 3 N–H and O–H groups in total. The van der Waals surface area contributed by atoms with E-state index in [-0.39, 0.29) is 11.3 Å². The highest BCUT2D eigenvalue weighted by molar-refractivity contribution is 6.11. The Labute approximate surface area is 106 Å². The lowest BCUT2D eigenvalue weighted by Crippen LogP contribution is -2.45. The van der Waals surface area contributed by atoms with E-state index in [1.807, 2.05) is 0 Å². The molecule has 0 bridgehead atoms. The van der Waals surface area contributed by atoms with E-state index in [0.717, 1.165) is 0 Å². The Morgan fingerprint density at radius 2 is 1.95 bits per heavy atom. The number of imide groups is 1. The molecule has 1 fully saturated rings. The summed E-state index contributed by atoms with van der Waals surface area (Å²) in [6.07, 6.45) is -3.22. The highest BCUT2D eigenvalue weighted by Crippen LogP contribution is 2.40. The summed E-state index contributed by atoms with van der Waals surface area (Å²) in [6.45, 7) is 0. The molecule has 0 aromatic carbocycles. The van der Waals surface area contributed by atoms with Crippen LogP contribution < -0.4 is 0 Å². The van der Waals surface area contributed by atoms with Gasteiger partial charge in [-0.1, -0.05) is 0 Å². The number of carboxylic acid groups (broad SMARTS) is 3. The Hall–Kier alpha value is -2.63. The van der Waals surface area contributed by atoms with Crippen molar-refractivity contribution in [3.05, 3.63) is 0 Å². The summed E-state index contributed by atoms with van der Waals surface area (Å²) in [7, 11) is 0. The minimum absolute atomic E-state index is 0.00777. The quantitative estimate of drug-likeness (QED) is 0.589. The Bertz CT molecular complexity index is 495. The molecule has 0 saturated carbocycles. The second-order valence-electron chi connectivity index (χ2n) is 4.06. The van der Waals surface area contributed by atoms with E-state index < -0.39 is 48.2 Å². The largest absolute Gasteiger partial charge is 0.480 e.